The van der Waals surface area contributed by atoms with Crippen molar-refractivity contribution in [2.75, 3.05) is 17.2 Å². The molecule has 2 N–H and O–H groups in total. The molecule has 1 amide bonds. The fourth-order valence-corrected chi connectivity index (χ4v) is 2.23. The predicted octanol–water partition coefficient (Wildman–Crippen LogP) is 2.27. The topological polar surface area (TPSA) is 64.2 Å². The third kappa shape index (κ3) is 3.04. The standard InChI is InChI=1S/C15H19FN4O/c1-4-19(13-7-5-6-12(16)8-13)14(21)9-20-11(3)15(17)10(2)18-20/h5-8H,4,9,17H2,1-3H3. The Morgan fingerprint density at radius 1 is 1.43 bits per heavy atom. The second-order valence-corrected chi connectivity index (χ2v) is 4.86. The van der Waals surface area contributed by atoms with Crippen LogP contribution in [0.15, 0.2) is 24.3 Å². The van der Waals surface area contributed by atoms with E-state index in [0.717, 1.165) is 5.69 Å². The number of aryl methyl sites for hydroxylation is 1. The van der Waals surface area contributed by atoms with Crippen molar-refractivity contribution in [3.05, 3.63) is 41.5 Å². The maximum absolute atomic E-state index is 13.3. The zero-order valence-electron chi connectivity index (χ0n) is 12.4. The van der Waals surface area contributed by atoms with Crippen molar-refractivity contribution in [3.8, 4) is 0 Å². The highest BCUT2D eigenvalue weighted by molar-refractivity contribution is 5.93. The van der Waals surface area contributed by atoms with E-state index in [2.05, 4.69) is 5.10 Å². The fraction of sp³-hybridized carbons (Fsp3) is 0.333. The van der Waals surface area contributed by atoms with Gasteiger partial charge in [-0.2, -0.15) is 5.10 Å². The number of nitrogens with two attached hydrogens (primary N) is 1. The van der Waals surface area contributed by atoms with Crippen molar-refractivity contribution < 1.29 is 9.18 Å². The number of halogens is 1. The number of nitrogens with zero attached hydrogens (tertiary/aromatic N) is 3. The van der Waals surface area contributed by atoms with Crippen LogP contribution in [0.4, 0.5) is 15.8 Å². The number of anilines is 2. The first kappa shape index (κ1) is 15.0. The number of likely N-dealkylation sites (N-methyl/N-ethyl adjacent to an activating group) is 1. The van der Waals surface area contributed by atoms with Gasteiger partial charge in [0.2, 0.25) is 5.91 Å². The number of hydrogen-bond donors (Lipinski definition) is 1. The second kappa shape index (κ2) is 5.95. The van der Waals surface area contributed by atoms with E-state index in [1.54, 1.807) is 23.7 Å². The fourth-order valence-electron chi connectivity index (χ4n) is 2.23. The molecule has 2 rings (SSSR count). The highest BCUT2D eigenvalue weighted by Gasteiger charge is 2.17. The van der Waals surface area contributed by atoms with Gasteiger partial charge in [-0.3, -0.25) is 9.48 Å². The molecule has 0 unspecified atom stereocenters. The maximum Gasteiger partial charge on any atom is 0.248 e. The summed E-state index contributed by atoms with van der Waals surface area (Å²) in [7, 11) is 0. The summed E-state index contributed by atoms with van der Waals surface area (Å²) in [6, 6.07) is 5.99. The summed E-state index contributed by atoms with van der Waals surface area (Å²) in [5.41, 5.74) is 8.46. The van der Waals surface area contributed by atoms with Crippen LogP contribution in [0.1, 0.15) is 18.3 Å². The van der Waals surface area contributed by atoms with Gasteiger partial charge in [0.25, 0.3) is 0 Å². The van der Waals surface area contributed by atoms with Crippen molar-refractivity contribution in [1.82, 2.24) is 9.78 Å². The van der Waals surface area contributed by atoms with Gasteiger partial charge >= 0.3 is 0 Å². The van der Waals surface area contributed by atoms with Gasteiger partial charge in [-0.1, -0.05) is 6.07 Å². The number of carbonyl (C=O) groups is 1. The first-order valence-electron chi connectivity index (χ1n) is 6.79. The molecule has 0 fully saturated rings. The average molecular weight is 290 g/mol. The highest BCUT2D eigenvalue weighted by Crippen LogP contribution is 2.18. The largest absolute Gasteiger partial charge is 0.396 e. The summed E-state index contributed by atoms with van der Waals surface area (Å²) in [5.74, 6) is -0.525. The molecule has 0 aliphatic carbocycles. The van der Waals surface area contributed by atoms with Crippen LogP contribution in [0.25, 0.3) is 0 Å². The lowest BCUT2D eigenvalue weighted by Crippen LogP contribution is -2.34. The van der Waals surface area contributed by atoms with Crippen LogP contribution < -0.4 is 10.6 Å². The molecule has 0 atom stereocenters. The summed E-state index contributed by atoms with van der Waals surface area (Å²) >= 11 is 0. The van der Waals surface area contributed by atoms with Crippen LogP contribution in [0, 0.1) is 19.7 Å². The SMILES string of the molecule is CCN(C(=O)Cn1nc(C)c(N)c1C)c1cccc(F)c1. The Morgan fingerprint density at radius 3 is 2.67 bits per heavy atom. The molecule has 6 heteroatoms. The second-order valence-electron chi connectivity index (χ2n) is 4.86. The molecule has 0 saturated carbocycles. The molecule has 0 radical (unpaired) electrons. The minimum Gasteiger partial charge on any atom is -0.396 e. The molecular formula is C15H19FN4O. The molecular weight excluding hydrogens is 271 g/mol. The Morgan fingerprint density at radius 2 is 2.14 bits per heavy atom. The lowest BCUT2D eigenvalue weighted by molar-refractivity contribution is -0.119. The Hall–Kier alpha value is -2.37. The molecule has 1 aromatic carbocycles. The monoisotopic (exact) mass is 290 g/mol. The van der Waals surface area contributed by atoms with Gasteiger partial charge in [-0.15, -0.1) is 0 Å². The average Bonchev–Trinajstić information content (AvgIpc) is 2.67. The number of amides is 1. The predicted molar refractivity (Wildman–Crippen MR) is 80.5 cm³/mol. The Balaban J connectivity index is 2.23. The molecule has 0 spiro atoms. The van der Waals surface area contributed by atoms with Gasteiger partial charge in [0.05, 0.1) is 17.1 Å². The molecule has 0 aliphatic rings. The molecule has 1 aromatic heterocycles. The lowest BCUT2D eigenvalue weighted by Gasteiger charge is -2.21. The summed E-state index contributed by atoms with van der Waals surface area (Å²) < 4.78 is 14.9. The van der Waals surface area contributed by atoms with E-state index in [9.17, 15) is 9.18 Å². The third-order valence-corrected chi connectivity index (χ3v) is 3.46. The van der Waals surface area contributed by atoms with Crippen LogP contribution in [-0.2, 0) is 11.3 Å². The van der Waals surface area contributed by atoms with E-state index in [-0.39, 0.29) is 18.3 Å². The molecule has 0 bridgehead atoms. The zero-order chi connectivity index (χ0) is 15.6. The minimum absolute atomic E-state index is 0.0776. The van der Waals surface area contributed by atoms with Crippen molar-refractivity contribution in [2.45, 2.75) is 27.3 Å². The summed E-state index contributed by atoms with van der Waals surface area (Å²) in [4.78, 5) is 14.0. The number of rotatable bonds is 4. The minimum atomic E-state index is -0.367. The number of aromatic nitrogens is 2. The quantitative estimate of drug-likeness (QED) is 0.939. The molecule has 2 aromatic rings. The lowest BCUT2D eigenvalue weighted by atomic mass is 10.2. The molecule has 0 saturated heterocycles. The Bertz CT molecular complexity index is 666. The Kier molecular flexibility index (Phi) is 4.26. The van der Waals surface area contributed by atoms with E-state index < -0.39 is 0 Å². The smallest absolute Gasteiger partial charge is 0.248 e. The molecule has 1 heterocycles. The van der Waals surface area contributed by atoms with Crippen molar-refractivity contribution in [1.29, 1.82) is 0 Å². The van der Waals surface area contributed by atoms with Crippen molar-refractivity contribution in [2.24, 2.45) is 0 Å². The number of nitrogen functional groups attached to an aromatic ring is 1. The highest BCUT2D eigenvalue weighted by atomic mass is 19.1. The van der Waals surface area contributed by atoms with E-state index >= 15 is 0 Å². The van der Waals surface area contributed by atoms with Gasteiger partial charge in [-0.25, -0.2) is 4.39 Å². The van der Waals surface area contributed by atoms with Crippen LogP contribution in [-0.4, -0.2) is 22.2 Å². The summed E-state index contributed by atoms with van der Waals surface area (Å²) in [6.07, 6.45) is 0. The van der Waals surface area contributed by atoms with Gasteiger partial charge in [0.1, 0.15) is 12.4 Å². The van der Waals surface area contributed by atoms with Crippen LogP contribution in [0.2, 0.25) is 0 Å². The van der Waals surface area contributed by atoms with Crippen molar-refractivity contribution >= 4 is 17.3 Å². The van der Waals surface area contributed by atoms with Gasteiger partial charge in [-0.05, 0) is 39.0 Å². The van der Waals surface area contributed by atoms with Gasteiger partial charge < -0.3 is 10.6 Å². The van der Waals surface area contributed by atoms with Crippen LogP contribution in [0.3, 0.4) is 0 Å². The van der Waals surface area contributed by atoms with E-state index in [1.165, 1.54) is 17.0 Å². The van der Waals surface area contributed by atoms with E-state index in [1.807, 2.05) is 13.8 Å². The number of carbonyl (C=O) groups excluding carboxylic acids is 1. The van der Waals surface area contributed by atoms with Gasteiger partial charge in [0, 0.05) is 12.2 Å². The number of benzene rings is 1. The molecule has 21 heavy (non-hydrogen) atoms. The van der Waals surface area contributed by atoms with Gasteiger partial charge in [0.15, 0.2) is 0 Å². The van der Waals surface area contributed by atoms with Crippen molar-refractivity contribution in [3.63, 3.8) is 0 Å². The molecule has 0 aliphatic heterocycles. The zero-order valence-corrected chi connectivity index (χ0v) is 12.4. The first-order valence-corrected chi connectivity index (χ1v) is 6.79. The van der Waals surface area contributed by atoms with E-state index in [4.69, 9.17) is 5.73 Å². The first-order chi connectivity index (χ1) is 9.93. The van der Waals surface area contributed by atoms with Crippen LogP contribution >= 0.6 is 0 Å². The Labute approximate surface area is 123 Å². The summed E-state index contributed by atoms with van der Waals surface area (Å²) in [6.45, 7) is 6.00. The molecule has 5 nitrogen and oxygen atoms in total. The third-order valence-electron chi connectivity index (χ3n) is 3.46. The summed E-state index contributed by atoms with van der Waals surface area (Å²) in [5, 5.41) is 4.25. The molecule has 112 valence electrons. The number of hydrogen-bond acceptors (Lipinski definition) is 3. The maximum atomic E-state index is 13.3. The van der Waals surface area contributed by atoms with Crippen LogP contribution in [0.5, 0.6) is 0 Å². The normalized spacial score (nSPS) is 10.7. The van der Waals surface area contributed by atoms with E-state index in [0.29, 0.717) is 23.6 Å².